The summed E-state index contributed by atoms with van der Waals surface area (Å²) in [6, 6.07) is 8.17. The van der Waals surface area contributed by atoms with E-state index in [1.165, 1.54) is 0 Å². The number of anilines is 1. The molecule has 110 valence electrons. The lowest BCUT2D eigenvalue weighted by Gasteiger charge is -2.07. The van der Waals surface area contributed by atoms with Gasteiger partial charge in [0.05, 0.1) is 5.69 Å². The SMILES string of the molecule is Cc1cc(NC(=O)NCc2cccc(Cl)c2)c(C(=O)O)[nH]1. The van der Waals surface area contributed by atoms with Crippen LogP contribution in [0, 0.1) is 6.92 Å². The fourth-order valence-electron chi connectivity index (χ4n) is 1.85. The summed E-state index contributed by atoms with van der Waals surface area (Å²) in [7, 11) is 0. The van der Waals surface area contributed by atoms with Gasteiger partial charge in [-0.15, -0.1) is 0 Å². The maximum Gasteiger partial charge on any atom is 0.354 e. The third kappa shape index (κ3) is 4.00. The van der Waals surface area contributed by atoms with Gasteiger partial charge in [0.25, 0.3) is 0 Å². The number of halogens is 1. The van der Waals surface area contributed by atoms with Gasteiger partial charge in [0.2, 0.25) is 0 Å². The minimum atomic E-state index is -1.13. The molecule has 0 radical (unpaired) electrons. The molecule has 2 rings (SSSR count). The molecule has 0 aliphatic rings. The summed E-state index contributed by atoms with van der Waals surface area (Å²) in [4.78, 5) is 25.5. The summed E-state index contributed by atoms with van der Waals surface area (Å²) in [5, 5.41) is 14.7. The Bertz CT molecular complexity index is 682. The molecule has 0 aliphatic carbocycles. The first-order valence-corrected chi connectivity index (χ1v) is 6.55. The van der Waals surface area contributed by atoms with Crippen molar-refractivity contribution in [1.82, 2.24) is 10.3 Å². The first-order chi connectivity index (χ1) is 9.95. The van der Waals surface area contributed by atoms with Gasteiger partial charge in [-0.1, -0.05) is 23.7 Å². The van der Waals surface area contributed by atoms with E-state index in [9.17, 15) is 9.59 Å². The molecule has 7 heteroatoms. The van der Waals surface area contributed by atoms with E-state index in [1.54, 1.807) is 31.2 Å². The number of carbonyl (C=O) groups excluding carboxylic acids is 1. The van der Waals surface area contributed by atoms with Gasteiger partial charge in [-0.2, -0.15) is 0 Å². The van der Waals surface area contributed by atoms with E-state index in [2.05, 4.69) is 15.6 Å². The van der Waals surface area contributed by atoms with Crippen LogP contribution in [-0.4, -0.2) is 22.1 Å². The highest BCUT2D eigenvalue weighted by molar-refractivity contribution is 6.30. The van der Waals surface area contributed by atoms with Gasteiger partial charge in [0.1, 0.15) is 5.69 Å². The third-order valence-electron chi connectivity index (χ3n) is 2.76. The van der Waals surface area contributed by atoms with Crippen molar-refractivity contribution >= 4 is 29.3 Å². The molecule has 0 unspecified atom stereocenters. The molecule has 0 atom stereocenters. The highest BCUT2D eigenvalue weighted by atomic mass is 35.5. The molecule has 0 fully saturated rings. The number of aromatic nitrogens is 1. The van der Waals surface area contributed by atoms with Gasteiger partial charge in [-0.3, -0.25) is 0 Å². The second-order valence-electron chi connectivity index (χ2n) is 4.48. The molecule has 1 heterocycles. The minimum Gasteiger partial charge on any atom is -0.477 e. The van der Waals surface area contributed by atoms with Crippen molar-refractivity contribution in [2.45, 2.75) is 13.5 Å². The molecule has 1 aromatic carbocycles. The van der Waals surface area contributed by atoms with Crippen molar-refractivity contribution in [1.29, 1.82) is 0 Å². The lowest BCUT2D eigenvalue weighted by molar-refractivity contribution is 0.0692. The average molecular weight is 308 g/mol. The van der Waals surface area contributed by atoms with Crippen molar-refractivity contribution in [3.63, 3.8) is 0 Å². The van der Waals surface area contributed by atoms with Crippen LogP contribution in [0.1, 0.15) is 21.7 Å². The number of carbonyl (C=O) groups is 2. The molecule has 21 heavy (non-hydrogen) atoms. The van der Waals surface area contributed by atoms with Gasteiger partial charge in [-0.05, 0) is 30.7 Å². The van der Waals surface area contributed by atoms with Crippen molar-refractivity contribution in [2.75, 3.05) is 5.32 Å². The summed E-state index contributed by atoms with van der Waals surface area (Å²) in [6.07, 6.45) is 0. The quantitative estimate of drug-likeness (QED) is 0.699. The van der Waals surface area contributed by atoms with Crippen LogP contribution in [0.4, 0.5) is 10.5 Å². The van der Waals surface area contributed by atoms with Crippen molar-refractivity contribution in [2.24, 2.45) is 0 Å². The monoisotopic (exact) mass is 307 g/mol. The fourth-order valence-corrected chi connectivity index (χ4v) is 2.07. The molecule has 0 saturated heterocycles. The molecule has 0 aliphatic heterocycles. The standard InChI is InChI=1S/C14H14ClN3O3/c1-8-5-11(12(17-8)13(19)20)18-14(21)16-7-9-3-2-4-10(15)6-9/h2-6,17H,7H2,1H3,(H,19,20)(H2,16,18,21). The Hall–Kier alpha value is -2.47. The number of aryl methyl sites for hydroxylation is 1. The Morgan fingerprint density at radius 1 is 1.33 bits per heavy atom. The maximum absolute atomic E-state index is 11.8. The molecule has 2 aromatic rings. The van der Waals surface area contributed by atoms with Crippen LogP contribution in [0.25, 0.3) is 0 Å². The average Bonchev–Trinajstić information content (AvgIpc) is 2.77. The molecule has 1 aromatic heterocycles. The molecule has 0 saturated carbocycles. The number of aromatic carboxylic acids is 1. The predicted octanol–water partition coefficient (Wildman–Crippen LogP) is 3.00. The number of hydrogen-bond donors (Lipinski definition) is 4. The number of hydrogen-bond acceptors (Lipinski definition) is 2. The number of aromatic amines is 1. The largest absolute Gasteiger partial charge is 0.477 e. The van der Waals surface area contributed by atoms with E-state index in [0.29, 0.717) is 10.7 Å². The number of carboxylic acids is 1. The summed E-state index contributed by atoms with van der Waals surface area (Å²) in [6.45, 7) is 2.00. The van der Waals surface area contributed by atoms with Crippen molar-refractivity contribution in [3.05, 3.63) is 52.3 Å². The van der Waals surface area contributed by atoms with E-state index in [4.69, 9.17) is 16.7 Å². The first kappa shape index (κ1) is 14.9. The molecular formula is C14H14ClN3O3. The fraction of sp³-hybridized carbons (Fsp3) is 0.143. The van der Waals surface area contributed by atoms with Crippen LogP contribution in [0.15, 0.2) is 30.3 Å². The molecule has 6 nitrogen and oxygen atoms in total. The summed E-state index contributed by atoms with van der Waals surface area (Å²) in [5.41, 5.74) is 1.67. The lowest BCUT2D eigenvalue weighted by Crippen LogP contribution is -2.28. The Labute approximate surface area is 126 Å². The van der Waals surface area contributed by atoms with Crippen LogP contribution < -0.4 is 10.6 Å². The number of H-pyrrole nitrogens is 1. The normalized spacial score (nSPS) is 10.2. The van der Waals surface area contributed by atoms with E-state index < -0.39 is 12.0 Å². The number of urea groups is 1. The van der Waals surface area contributed by atoms with Gasteiger partial charge < -0.3 is 20.7 Å². The first-order valence-electron chi connectivity index (χ1n) is 6.18. The van der Waals surface area contributed by atoms with Gasteiger partial charge in [0.15, 0.2) is 0 Å². The molecule has 4 N–H and O–H groups in total. The Morgan fingerprint density at radius 3 is 2.76 bits per heavy atom. The smallest absolute Gasteiger partial charge is 0.354 e. The minimum absolute atomic E-state index is 0.0506. The van der Waals surface area contributed by atoms with Crippen LogP contribution in [0.5, 0.6) is 0 Å². The highest BCUT2D eigenvalue weighted by Crippen LogP contribution is 2.16. The Kier molecular flexibility index (Phi) is 4.49. The molecular weight excluding hydrogens is 294 g/mol. The summed E-state index contributed by atoms with van der Waals surface area (Å²) >= 11 is 5.85. The Balaban J connectivity index is 1.97. The van der Waals surface area contributed by atoms with Crippen molar-refractivity contribution in [3.8, 4) is 0 Å². The molecule has 0 spiro atoms. The number of rotatable bonds is 4. The van der Waals surface area contributed by atoms with Gasteiger partial charge in [0, 0.05) is 17.3 Å². The molecule has 0 bridgehead atoms. The van der Waals surface area contributed by atoms with Crippen LogP contribution >= 0.6 is 11.6 Å². The second-order valence-corrected chi connectivity index (χ2v) is 4.92. The number of amides is 2. The number of benzene rings is 1. The lowest BCUT2D eigenvalue weighted by atomic mass is 10.2. The van der Waals surface area contributed by atoms with E-state index in [-0.39, 0.29) is 17.9 Å². The topological polar surface area (TPSA) is 94.2 Å². The zero-order valence-corrected chi connectivity index (χ0v) is 12.0. The highest BCUT2D eigenvalue weighted by Gasteiger charge is 2.15. The molecule has 2 amide bonds. The maximum atomic E-state index is 11.8. The van der Waals surface area contributed by atoms with Gasteiger partial charge in [-0.25, -0.2) is 9.59 Å². The van der Waals surface area contributed by atoms with Gasteiger partial charge >= 0.3 is 12.0 Å². The Morgan fingerprint density at radius 2 is 2.10 bits per heavy atom. The van der Waals surface area contributed by atoms with Crippen LogP contribution in [-0.2, 0) is 6.54 Å². The second kappa shape index (κ2) is 6.32. The zero-order valence-electron chi connectivity index (χ0n) is 11.2. The summed E-state index contributed by atoms with van der Waals surface area (Å²) < 4.78 is 0. The number of carboxylic acid groups (broad SMARTS) is 1. The summed E-state index contributed by atoms with van der Waals surface area (Å²) in [5.74, 6) is -1.13. The van der Waals surface area contributed by atoms with Crippen molar-refractivity contribution < 1.29 is 14.7 Å². The third-order valence-corrected chi connectivity index (χ3v) is 2.99. The van der Waals surface area contributed by atoms with Crippen LogP contribution in [0.3, 0.4) is 0 Å². The van der Waals surface area contributed by atoms with E-state index in [1.807, 2.05) is 6.07 Å². The van der Waals surface area contributed by atoms with E-state index in [0.717, 1.165) is 5.56 Å². The van der Waals surface area contributed by atoms with E-state index >= 15 is 0 Å². The zero-order chi connectivity index (χ0) is 15.4. The predicted molar refractivity (Wildman–Crippen MR) is 79.8 cm³/mol. The van der Waals surface area contributed by atoms with Crippen LogP contribution in [0.2, 0.25) is 5.02 Å². The number of nitrogens with one attached hydrogen (secondary N) is 3.